The summed E-state index contributed by atoms with van der Waals surface area (Å²) in [5.41, 5.74) is 0. The first-order valence-electron chi connectivity index (χ1n) is 4.39. The summed E-state index contributed by atoms with van der Waals surface area (Å²) in [6.07, 6.45) is 2.50. The van der Waals surface area contributed by atoms with Crippen LogP contribution in [-0.4, -0.2) is 53.8 Å². The van der Waals surface area contributed by atoms with E-state index in [4.69, 9.17) is 29.4 Å². The molecule has 11 heteroatoms. The molecule has 17 heavy (non-hydrogen) atoms. The van der Waals surface area contributed by atoms with Crippen molar-refractivity contribution in [2.75, 3.05) is 0 Å². The molecular weight excluding hydrogens is 416 g/mol. The fourth-order valence-corrected chi connectivity index (χ4v) is 0. The molecule has 0 aromatic heterocycles. The minimum absolute atomic E-state index is 0. The molecule has 0 aromatic rings. The first-order chi connectivity index (χ1) is 6.83. The van der Waals surface area contributed by atoms with Gasteiger partial charge in [0.25, 0.3) is 0 Å². The van der Waals surface area contributed by atoms with Gasteiger partial charge in [0.05, 0.1) is 0 Å². The van der Waals surface area contributed by atoms with Gasteiger partial charge in [0, 0.05) is 24.4 Å². The zero-order chi connectivity index (χ0) is 14.4. The maximum Gasteiger partial charge on any atom is 0.319 e. The van der Waals surface area contributed by atoms with Crippen LogP contribution in [0, 0.1) is 0 Å². The van der Waals surface area contributed by atoms with Crippen LogP contribution < -0.4 is 0 Å². The molecule has 0 unspecified atom stereocenters. The van der Waals surface area contributed by atoms with Crippen LogP contribution in [0.15, 0.2) is 0 Å². The van der Waals surface area contributed by atoms with Crippen molar-refractivity contribution in [3.63, 3.8) is 0 Å². The molecule has 0 aliphatic heterocycles. The summed E-state index contributed by atoms with van der Waals surface area (Å²) in [5, 5.41) is 0. The monoisotopic (exact) mass is 437 g/mol. The molecule has 6 nitrogen and oxygen atoms in total. The molecule has 0 fully saturated rings. The maximum atomic E-state index is 7.56. The summed E-state index contributed by atoms with van der Waals surface area (Å²) in [5.74, 6) is 0. The zero-order valence-electron chi connectivity index (χ0n) is 10.3. The Morgan fingerprint density at radius 3 is 0.647 bits per heavy atom. The Morgan fingerprint density at radius 1 is 0.647 bits per heavy atom. The fourth-order valence-electron chi connectivity index (χ4n) is 0. The van der Waals surface area contributed by atoms with E-state index in [0.29, 0.717) is 0 Å². The first-order valence-corrected chi connectivity index (χ1v) is 9.71. The quantitative estimate of drug-likeness (QED) is 0.243. The minimum Gasteiger partial charge on any atom is -0.325 e. The number of hydrogen-bond acceptors (Lipinski definition) is 2. The van der Waals surface area contributed by atoms with Gasteiger partial charge in [-0.15, -0.1) is 0 Å². The Bertz CT molecular complexity index is 168. The van der Waals surface area contributed by atoms with E-state index in [1.807, 2.05) is 0 Å². The van der Waals surface area contributed by atoms with Crippen molar-refractivity contribution in [3.05, 3.63) is 0 Å². The van der Waals surface area contributed by atoms with Gasteiger partial charge in [-0.25, -0.2) is 0 Å². The summed E-state index contributed by atoms with van der Waals surface area (Å²) in [6.45, 7) is 0.889. The van der Waals surface area contributed by atoms with Crippen molar-refractivity contribution in [2.45, 2.75) is 40.5 Å². The van der Waals surface area contributed by atoms with Crippen molar-refractivity contribution in [1.82, 2.24) is 0 Å². The van der Waals surface area contributed by atoms with Crippen molar-refractivity contribution < 1.29 is 29.4 Å². The van der Waals surface area contributed by atoms with Gasteiger partial charge in [-0.05, 0) is 23.6 Å². The van der Waals surface area contributed by atoms with Crippen LogP contribution in [0.5, 0.6) is 0 Å². The third-order valence-electron chi connectivity index (χ3n) is 0. The Balaban J connectivity index is -0.0000000381. The van der Waals surface area contributed by atoms with Gasteiger partial charge < -0.3 is 29.4 Å². The minimum atomic E-state index is -3.81. The second kappa shape index (κ2) is 20.2. The molecular formula is C6H22O6P2S2Sb. The van der Waals surface area contributed by atoms with Gasteiger partial charge in [0.2, 0.25) is 0 Å². The van der Waals surface area contributed by atoms with Crippen LogP contribution in [0.4, 0.5) is 0 Å². The van der Waals surface area contributed by atoms with Crippen LogP contribution in [0.2, 0.25) is 0 Å². The average molecular weight is 438 g/mol. The van der Waals surface area contributed by atoms with Crippen LogP contribution >= 0.6 is 13.4 Å². The number of rotatable bonds is 0. The largest absolute Gasteiger partial charge is 0.325 e. The molecule has 0 amide bonds. The van der Waals surface area contributed by atoms with E-state index in [9.17, 15) is 0 Å². The molecule has 0 saturated heterocycles. The van der Waals surface area contributed by atoms with E-state index < -0.39 is 13.4 Å². The third-order valence-corrected chi connectivity index (χ3v) is 0. The fraction of sp³-hybridized carbons (Fsp3) is 1.00. The summed E-state index contributed by atoms with van der Waals surface area (Å²) < 4.78 is 0. The van der Waals surface area contributed by atoms with Gasteiger partial charge in [0.15, 0.2) is 0 Å². The van der Waals surface area contributed by atoms with Gasteiger partial charge in [0.1, 0.15) is 0 Å². The molecule has 0 aromatic carbocycles. The Morgan fingerprint density at radius 2 is 0.647 bits per heavy atom. The second-order valence-corrected chi connectivity index (χ2v) is 7.43. The van der Waals surface area contributed by atoms with Crippen LogP contribution in [0.1, 0.15) is 40.5 Å². The normalized spacial score (nSPS) is 9.06. The SMILES string of the molecule is CCC.CCC.OP(O)(O)=S.OP(O)(O)=S.[Sb]. The van der Waals surface area contributed by atoms with E-state index in [1.54, 1.807) is 0 Å². The van der Waals surface area contributed by atoms with Crippen molar-refractivity contribution in [1.29, 1.82) is 0 Å². The summed E-state index contributed by atoms with van der Waals surface area (Å²) >= 11 is 7.21. The molecule has 109 valence electrons. The van der Waals surface area contributed by atoms with E-state index in [2.05, 4.69) is 51.3 Å². The Labute approximate surface area is 131 Å². The third kappa shape index (κ3) is 1280. The summed E-state index contributed by atoms with van der Waals surface area (Å²) in [7, 11) is 0. The van der Waals surface area contributed by atoms with E-state index >= 15 is 0 Å². The summed E-state index contributed by atoms with van der Waals surface area (Å²) in [4.78, 5) is 45.3. The van der Waals surface area contributed by atoms with E-state index in [0.717, 1.165) is 0 Å². The molecule has 0 bridgehead atoms. The molecule has 0 spiro atoms. The molecule has 0 atom stereocenters. The van der Waals surface area contributed by atoms with Crippen molar-refractivity contribution in [2.24, 2.45) is 0 Å². The Kier molecular flexibility index (Phi) is 37.2. The average Bonchev–Trinajstić information content (AvgIpc) is 1.79. The van der Waals surface area contributed by atoms with Crippen LogP contribution in [0.3, 0.4) is 0 Å². The predicted octanol–water partition coefficient (Wildman–Crippen LogP) is 0.827. The standard InChI is InChI=1S/2C3H8.2H3O3PS.Sb/c2*1-3-2;2*1-4(2,3)5;/h2*3H2,1-2H3;2*(H3,1,2,3,5);. The van der Waals surface area contributed by atoms with E-state index in [-0.39, 0.29) is 24.4 Å². The first kappa shape index (κ1) is 31.3. The van der Waals surface area contributed by atoms with Crippen molar-refractivity contribution in [3.8, 4) is 0 Å². The smallest absolute Gasteiger partial charge is 0.319 e. The van der Waals surface area contributed by atoms with Gasteiger partial charge in [-0.1, -0.05) is 40.5 Å². The van der Waals surface area contributed by atoms with Gasteiger partial charge >= 0.3 is 13.4 Å². The zero-order valence-corrected chi connectivity index (χ0v) is 16.2. The molecule has 3 radical (unpaired) electrons. The predicted molar refractivity (Wildman–Crippen MR) is 79.6 cm³/mol. The molecule has 0 rings (SSSR count). The van der Waals surface area contributed by atoms with Gasteiger partial charge in [-0.2, -0.15) is 0 Å². The van der Waals surface area contributed by atoms with Crippen LogP contribution in [0.25, 0.3) is 0 Å². The van der Waals surface area contributed by atoms with Crippen molar-refractivity contribution >= 4 is 61.5 Å². The van der Waals surface area contributed by atoms with Crippen LogP contribution in [-0.2, 0) is 23.6 Å². The number of hydrogen-bond donors (Lipinski definition) is 6. The molecule has 0 aliphatic rings. The molecule has 0 heterocycles. The maximum absolute atomic E-state index is 7.56. The van der Waals surface area contributed by atoms with Gasteiger partial charge in [-0.3, -0.25) is 0 Å². The molecule has 0 aliphatic carbocycles. The summed E-state index contributed by atoms with van der Waals surface area (Å²) in [6, 6.07) is 0. The molecule has 6 N–H and O–H groups in total. The Hall–Kier alpha value is 1.88. The molecule has 0 saturated carbocycles. The van der Waals surface area contributed by atoms with E-state index in [1.165, 1.54) is 12.8 Å². The topological polar surface area (TPSA) is 121 Å². The second-order valence-electron chi connectivity index (χ2n) is 2.44.